The molecular formula is C24H22N6O2. The molecule has 2 amide bonds. The molecule has 0 spiro atoms. The molecule has 8 heteroatoms. The van der Waals surface area contributed by atoms with Crippen LogP contribution in [0.3, 0.4) is 0 Å². The highest BCUT2D eigenvalue weighted by Crippen LogP contribution is 2.25. The first-order chi connectivity index (χ1) is 15.5. The Morgan fingerprint density at radius 3 is 2.38 bits per heavy atom. The number of para-hydroxylation sites is 1. The van der Waals surface area contributed by atoms with Gasteiger partial charge in [0.2, 0.25) is 11.7 Å². The number of aromatic nitrogens is 4. The zero-order valence-corrected chi connectivity index (χ0v) is 17.7. The molecule has 3 aromatic carbocycles. The summed E-state index contributed by atoms with van der Waals surface area (Å²) in [6.07, 6.45) is 0. The Morgan fingerprint density at radius 1 is 0.875 bits per heavy atom. The monoisotopic (exact) mass is 426 g/mol. The Morgan fingerprint density at radius 2 is 1.59 bits per heavy atom. The van der Waals surface area contributed by atoms with Gasteiger partial charge in [0.1, 0.15) is 6.54 Å². The SMILES string of the molecule is Cc1ccc(NC(=O)Cn2nnc(-c3ccccc3NC(=O)c3ccccc3C)n2)cc1. The fourth-order valence-corrected chi connectivity index (χ4v) is 3.19. The second-order valence-electron chi connectivity index (χ2n) is 7.37. The number of anilines is 2. The van der Waals surface area contributed by atoms with Gasteiger partial charge in [0.15, 0.2) is 0 Å². The number of hydrogen-bond acceptors (Lipinski definition) is 5. The van der Waals surface area contributed by atoms with Crippen molar-refractivity contribution < 1.29 is 9.59 Å². The number of carbonyl (C=O) groups is 2. The summed E-state index contributed by atoms with van der Waals surface area (Å²) in [5, 5.41) is 18.1. The van der Waals surface area contributed by atoms with E-state index >= 15 is 0 Å². The van der Waals surface area contributed by atoms with Crippen LogP contribution >= 0.6 is 0 Å². The topological polar surface area (TPSA) is 102 Å². The average Bonchev–Trinajstić information content (AvgIpc) is 3.24. The van der Waals surface area contributed by atoms with Crippen LogP contribution in [0.15, 0.2) is 72.8 Å². The first kappa shape index (κ1) is 20.9. The van der Waals surface area contributed by atoms with E-state index in [-0.39, 0.29) is 18.4 Å². The number of benzene rings is 3. The van der Waals surface area contributed by atoms with Crippen molar-refractivity contribution in [3.8, 4) is 11.4 Å². The van der Waals surface area contributed by atoms with E-state index in [0.717, 1.165) is 11.1 Å². The van der Waals surface area contributed by atoms with Gasteiger partial charge < -0.3 is 10.6 Å². The van der Waals surface area contributed by atoms with Crippen molar-refractivity contribution in [2.24, 2.45) is 0 Å². The maximum atomic E-state index is 12.7. The highest BCUT2D eigenvalue weighted by atomic mass is 16.2. The maximum absolute atomic E-state index is 12.7. The van der Waals surface area contributed by atoms with Crippen molar-refractivity contribution in [1.29, 1.82) is 0 Å². The lowest BCUT2D eigenvalue weighted by Crippen LogP contribution is -2.20. The summed E-state index contributed by atoms with van der Waals surface area (Å²) < 4.78 is 0. The van der Waals surface area contributed by atoms with Crippen molar-refractivity contribution in [3.63, 3.8) is 0 Å². The second-order valence-corrected chi connectivity index (χ2v) is 7.37. The standard InChI is InChI=1S/C24H22N6O2/c1-16-11-13-18(14-12-16)25-22(31)15-30-28-23(27-29-30)20-9-5-6-10-21(20)26-24(32)19-8-4-3-7-17(19)2/h3-14H,15H2,1-2H3,(H,25,31)(H,26,32). The number of nitrogens with one attached hydrogen (secondary N) is 2. The van der Waals surface area contributed by atoms with E-state index in [2.05, 4.69) is 26.0 Å². The minimum atomic E-state index is -0.265. The van der Waals surface area contributed by atoms with Crippen LogP contribution in [-0.4, -0.2) is 32.0 Å². The molecule has 1 aromatic heterocycles. The van der Waals surface area contributed by atoms with E-state index in [1.165, 1.54) is 4.80 Å². The van der Waals surface area contributed by atoms with E-state index in [4.69, 9.17) is 0 Å². The molecule has 0 aliphatic rings. The molecule has 0 aliphatic carbocycles. The fraction of sp³-hybridized carbons (Fsp3) is 0.125. The number of carbonyl (C=O) groups excluding carboxylic acids is 2. The molecule has 160 valence electrons. The van der Waals surface area contributed by atoms with Crippen molar-refractivity contribution in [3.05, 3.63) is 89.5 Å². The Hall–Kier alpha value is -4.33. The van der Waals surface area contributed by atoms with Gasteiger partial charge >= 0.3 is 0 Å². The Balaban J connectivity index is 1.48. The van der Waals surface area contributed by atoms with E-state index in [0.29, 0.717) is 28.3 Å². The molecule has 8 nitrogen and oxygen atoms in total. The molecule has 4 rings (SSSR count). The average molecular weight is 426 g/mol. The molecule has 0 saturated heterocycles. The van der Waals surface area contributed by atoms with Gasteiger partial charge in [0.05, 0.1) is 5.69 Å². The number of tetrazole rings is 1. The van der Waals surface area contributed by atoms with Gasteiger partial charge in [0.25, 0.3) is 5.91 Å². The van der Waals surface area contributed by atoms with Crippen molar-refractivity contribution in [2.45, 2.75) is 20.4 Å². The van der Waals surface area contributed by atoms with Crippen LogP contribution in [0.25, 0.3) is 11.4 Å². The summed E-state index contributed by atoms with van der Waals surface area (Å²) in [4.78, 5) is 26.3. The van der Waals surface area contributed by atoms with Crippen molar-refractivity contribution >= 4 is 23.2 Å². The van der Waals surface area contributed by atoms with Crippen molar-refractivity contribution in [1.82, 2.24) is 20.2 Å². The molecule has 1 heterocycles. The molecular weight excluding hydrogens is 404 g/mol. The second kappa shape index (κ2) is 9.22. The Labute approximate surface area is 185 Å². The highest BCUT2D eigenvalue weighted by molar-refractivity contribution is 6.06. The minimum absolute atomic E-state index is 0.0847. The van der Waals surface area contributed by atoms with Crippen LogP contribution in [0.4, 0.5) is 11.4 Å². The zero-order valence-electron chi connectivity index (χ0n) is 17.7. The molecule has 0 fully saturated rings. The van der Waals surface area contributed by atoms with Gasteiger partial charge in [-0.2, -0.15) is 4.80 Å². The predicted octanol–water partition coefficient (Wildman–Crippen LogP) is 3.85. The number of aryl methyl sites for hydroxylation is 2. The summed E-state index contributed by atoms with van der Waals surface area (Å²) in [6, 6.07) is 22.1. The zero-order chi connectivity index (χ0) is 22.5. The summed E-state index contributed by atoms with van der Waals surface area (Å²) in [5.41, 5.74) is 4.45. The van der Waals surface area contributed by atoms with Gasteiger partial charge in [-0.05, 0) is 55.0 Å². The Bertz CT molecular complexity index is 1260. The van der Waals surface area contributed by atoms with Crippen molar-refractivity contribution in [2.75, 3.05) is 10.6 Å². The first-order valence-electron chi connectivity index (χ1n) is 10.1. The van der Waals surface area contributed by atoms with E-state index in [1.54, 1.807) is 18.2 Å². The smallest absolute Gasteiger partial charge is 0.255 e. The van der Waals surface area contributed by atoms with Gasteiger partial charge in [-0.3, -0.25) is 9.59 Å². The largest absolute Gasteiger partial charge is 0.324 e. The Kier molecular flexibility index (Phi) is 6.03. The van der Waals surface area contributed by atoms with E-state index in [9.17, 15) is 9.59 Å². The number of rotatable bonds is 6. The lowest BCUT2D eigenvalue weighted by molar-refractivity contribution is -0.117. The van der Waals surface area contributed by atoms with Crippen LogP contribution in [0.2, 0.25) is 0 Å². The third-order valence-electron chi connectivity index (χ3n) is 4.88. The molecule has 0 radical (unpaired) electrons. The predicted molar refractivity (Wildman–Crippen MR) is 122 cm³/mol. The van der Waals surface area contributed by atoms with E-state index in [1.807, 2.05) is 68.4 Å². The number of amides is 2. The van der Waals surface area contributed by atoms with Gasteiger partial charge in [-0.1, -0.05) is 48.0 Å². The normalized spacial score (nSPS) is 10.6. The third-order valence-corrected chi connectivity index (χ3v) is 4.88. The molecule has 4 aromatic rings. The summed E-state index contributed by atoms with van der Waals surface area (Å²) >= 11 is 0. The molecule has 32 heavy (non-hydrogen) atoms. The number of nitrogens with zero attached hydrogens (tertiary/aromatic N) is 4. The van der Waals surface area contributed by atoms with E-state index < -0.39 is 0 Å². The lowest BCUT2D eigenvalue weighted by Gasteiger charge is -2.10. The highest BCUT2D eigenvalue weighted by Gasteiger charge is 2.15. The van der Waals surface area contributed by atoms with Crippen LogP contribution in [0.1, 0.15) is 21.5 Å². The summed E-state index contributed by atoms with van der Waals surface area (Å²) in [7, 11) is 0. The lowest BCUT2D eigenvalue weighted by atomic mass is 10.1. The first-order valence-corrected chi connectivity index (χ1v) is 10.1. The molecule has 0 atom stereocenters. The maximum Gasteiger partial charge on any atom is 0.255 e. The molecule has 0 unspecified atom stereocenters. The molecule has 0 saturated carbocycles. The van der Waals surface area contributed by atoms with Crippen LogP contribution < -0.4 is 10.6 Å². The minimum Gasteiger partial charge on any atom is -0.324 e. The summed E-state index contributed by atoms with van der Waals surface area (Å²) in [6.45, 7) is 3.78. The summed E-state index contributed by atoms with van der Waals surface area (Å²) in [5.74, 6) is -0.173. The van der Waals surface area contributed by atoms with Crippen LogP contribution in [-0.2, 0) is 11.3 Å². The van der Waals surface area contributed by atoms with Gasteiger partial charge in [-0.25, -0.2) is 0 Å². The van der Waals surface area contributed by atoms with Gasteiger partial charge in [-0.15, -0.1) is 10.2 Å². The third kappa shape index (κ3) is 4.86. The fourth-order valence-electron chi connectivity index (χ4n) is 3.19. The quantitative estimate of drug-likeness (QED) is 0.488. The van der Waals surface area contributed by atoms with Crippen LogP contribution in [0.5, 0.6) is 0 Å². The number of hydrogen-bond donors (Lipinski definition) is 2. The molecule has 2 N–H and O–H groups in total. The van der Waals surface area contributed by atoms with Crippen LogP contribution in [0, 0.1) is 13.8 Å². The molecule has 0 bridgehead atoms. The molecule has 0 aliphatic heterocycles. The van der Waals surface area contributed by atoms with Gasteiger partial charge in [0, 0.05) is 16.8 Å².